The second-order valence-corrected chi connectivity index (χ2v) is 6.12. The van der Waals surface area contributed by atoms with Crippen molar-refractivity contribution in [1.29, 1.82) is 0 Å². The molecule has 2 N–H and O–H groups in total. The monoisotopic (exact) mass is 338 g/mol. The molecule has 0 aromatic carbocycles. The van der Waals surface area contributed by atoms with E-state index in [1.165, 1.54) is 5.56 Å². The third-order valence-corrected chi connectivity index (χ3v) is 4.06. The molecule has 0 saturated heterocycles. The normalized spacial score (nSPS) is 10.8. The van der Waals surface area contributed by atoms with Crippen LogP contribution in [0.25, 0.3) is 11.4 Å². The first-order valence-electron chi connectivity index (χ1n) is 8.30. The highest BCUT2D eigenvalue weighted by Crippen LogP contribution is 2.15. The van der Waals surface area contributed by atoms with Crippen molar-refractivity contribution in [3.8, 4) is 11.4 Å². The Kier molecular flexibility index (Phi) is 4.92. The number of rotatable bonds is 6. The molecule has 0 radical (unpaired) electrons. The lowest BCUT2D eigenvalue weighted by Gasteiger charge is -2.07. The van der Waals surface area contributed by atoms with Gasteiger partial charge in [0, 0.05) is 42.3 Å². The third kappa shape index (κ3) is 4.12. The molecule has 3 aromatic heterocycles. The molecule has 3 heterocycles. The summed E-state index contributed by atoms with van der Waals surface area (Å²) in [6.45, 7) is 7.31. The van der Waals surface area contributed by atoms with E-state index in [4.69, 9.17) is 0 Å². The number of pyridine rings is 1. The van der Waals surface area contributed by atoms with Gasteiger partial charge in [-0.15, -0.1) is 0 Å². The summed E-state index contributed by atoms with van der Waals surface area (Å²) in [6, 6.07) is 3.79. The highest BCUT2D eigenvalue weighted by Gasteiger charge is 2.06. The van der Waals surface area contributed by atoms with Crippen LogP contribution in [0.4, 0.5) is 5.82 Å². The molecule has 0 aliphatic carbocycles. The molecule has 3 rings (SSSR count). The maximum Gasteiger partial charge on any atom is 0.254 e. The van der Waals surface area contributed by atoms with Crippen molar-refractivity contribution < 1.29 is 0 Å². The predicted molar refractivity (Wildman–Crippen MR) is 97.6 cm³/mol. The van der Waals surface area contributed by atoms with E-state index in [1.807, 2.05) is 43.1 Å². The van der Waals surface area contributed by atoms with Crippen molar-refractivity contribution in [2.45, 2.75) is 33.7 Å². The lowest BCUT2D eigenvalue weighted by atomic mass is 10.2. The van der Waals surface area contributed by atoms with Crippen LogP contribution in [0.2, 0.25) is 0 Å². The number of hydrogen-bond donors (Lipinski definition) is 2. The average molecular weight is 338 g/mol. The van der Waals surface area contributed by atoms with E-state index >= 15 is 0 Å². The van der Waals surface area contributed by atoms with Crippen molar-refractivity contribution in [3.05, 3.63) is 57.9 Å². The number of hydrogen-bond acceptors (Lipinski definition) is 5. The van der Waals surface area contributed by atoms with Crippen LogP contribution in [0.5, 0.6) is 0 Å². The second-order valence-electron chi connectivity index (χ2n) is 6.12. The molecule has 0 spiro atoms. The van der Waals surface area contributed by atoms with Gasteiger partial charge >= 0.3 is 0 Å². The molecule has 0 fully saturated rings. The van der Waals surface area contributed by atoms with Crippen molar-refractivity contribution >= 4 is 5.82 Å². The van der Waals surface area contributed by atoms with Gasteiger partial charge < -0.3 is 10.3 Å². The lowest BCUT2D eigenvalue weighted by Crippen LogP contribution is -2.14. The SMILES string of the molecule is Cc1cnn(CCCNc2ccc(-c3nc(C)c(C)c(=O)[nH]3)cn2)c1. The van der Waals surface area contributed by atoms with E-state index in [9.17, 15) is 4.79 Å². The van der Waals surface area contributed by atoms with Crippen molar-refractivity contribution in [1.82, 2.24) is 24.7 Å². The number of aryl methyl sites for hydroxylation is 3. The Hall–Kier alpha value is -2.96. The Balaban J connectivity index is 1.58. The summed E-state index contributed by atoms with van der Waals surface area (Å²) < 4.78 is 1.94. The van der Waals surface area contributed by atoms with Crippen LogP contribution < -0.4 is 10.9 Å². The summed E-state index contributed by atoms with van der Waals surface area (Å²) in [6.07, 6.45) is 6.56. The molecule has 7 heteroatoms. The zero-order valence-corrected chi connectivity index (χ0v) is 14.7. The number of H-pyrrole nitrogens is 1. The van der Waals surface area contributed by atoms with Crippen LogP contribution >= 0.6 is 0 Å². The van der Waals surface area contributed by atoms with Crippen LogP contribution in [0.3, 0.4) is 0 Å². The fourth-order valence-electron chi connectivity index (χ4n) is 2.47. The minimum atomic E-state index is -0.112. The molecule has 3 aromatic rings. The summed E-state index contributed by atoms with van der Waals surface area (Å²) in [5, 5.41) is 7.55. The van der Waals surface area contributed by atoms with E-state index in [2.05, 4.69) is 25.4 Å². The first-order valence-corrected chi connectivity index (χ1v) is 8.30. The first-order chi connectivity index (χ1) is 12.0. The van der Waals surface area contributed by atoms with Crippen LogP contribution in [0.15, 0.2) is 35.5 Å². The Labute approximate surface area is 146 Å². The molecule has 0 saturated carbocycles. The van der Waals surface area contributed by atoms with Crippen LogP contribution in [0, 0.1) is 20.8 Å². The standard InChI is InChI=1S/C18H22N6O/c1-12-9-21-24(11-12)8-4-7-19-16-6-5-15(10-20-16)17-22-14(3)13(2)18(25)23-17/h5-6,9-11H,4,7-8H2,1-3H3,(H,19,20)(H,22,23,25). The molecular weight excluding hydrogens is 316 g/mol. The zero-order chi connectivity index (χ0) is 17.8. The topological polar surface area (TPSA) is 88.5 Å². The van der Waals surface area contributed by atoms with Gasteiger partial charge in [-0.25, -0.2) is 9.97 Å². The van der Waals surface area contributed by atoms with Gasteiger partial charge in [-0.3, -0.25) is 9.48 Å². The van der Waals surface area contributed by atoms with E-state index in [0.717, 1.165) is 36.6 Å². The quantitative estimate of drug-likeness (QED) is 0.674. The van der Waals surface area contributed by atoms with Gasteiger partial charge in [0.15, 0.2) is 0 Å². The van der Waals surface area contributed by atoms with Crippen molar-refractivity contribution in [2.75, 3.05) is 11.9 Å². The maximum atomic E-state index is 11.9. The van der Waals surface area contributed by atoms with Crippen molar-refractivity contribution in [3.63, 3.8) is 0 Å². The summed E-state index contributed by atoms with van der Waals surface area (Å²) >= 11 is 0. The summed E-state index contributed by atoms with van der Waals surface area (Å²) in [5.74, 6) is 1.34. The molecule has 0 aliphatic rings. The molecule has 0 unspecified atom stereocenters. The van der Waals surface area contributed by atoms with Gasteiger partial charge in [-0.05, 0) is 44.9 Å². The fourth-order valence-corrected chi connectivity index (χ4v) is 2.47. The molecule has 0 atom stereocenters. The molecule has 0 bridgehead atoms. The smallest absolute Gasteiger partial charge is 0.254 e. The number of anilines is 1. The Bertz CT molecular complexity index is 910. The minimum Gasteiger partial charge on any atom is -0.370 e. The van der Waals surface area contributed by atoms with E-state index < -0.39 is 0 Å². The van der Waals surface area contributed by atoms with Crippen LogP contribution in [-0.4, -0.2) is 31.3 Å². The highest BCUT2D eigenvalue weighted by atomic mass is 16.1. The third-order valence-electron chi connectivity index (χ3n) is 4.06. The van der Waals surface area contributed by atoms with Crippen molar-refractivity contribution in [2.24, 2.45) is 0 Å². The van der Waals surface area contributed by atoms with Gasteiger partial charge in [0.2, 0.25) is 0 Å². The predicted octanol–water partition coefficient (Wildman–Crippen LogP) is 2.46. The average Bonchev–Trinajstić information content (AvgIpc) is 3.02. The van der Waals surface area contributed by atoms with Gasteiger partial charge in [0.1, 0.15) is 11.6 Å². The number of nitrogens with one attached hydrogen (secondary N) is 2. The van der Waals surface area contributed by atoms with Crippen LogP contribution in [-0.2, 0) is 6.54 Å². The maximum absolute atomic E-state index is 11.9. The Morgan fingerprint density at radius 1 is 1.20 bits per heavy atom. The molecule has 25 heavy (non-hydrogen) atoms. The highest BCUT2D eigenvalue weighted by molar-refractivity contribution is 5.56. The van der Waals surface area contributed by atoms with E-state index in [0.29, 0.717) is 11.4 Å². The molecule has 0 amide bonds. The minimum absolute atomic E-state index is 0.112. The van der Waals surface area contributed by atoms with Gasteiger partial charge in [0.25, 0.3) is 5.56 Å². The Morgan fingerprint density at radius 2 is 2.04 bits per heavy atom. The molecule has 7 nitrogen and oxygen atoms in total. The fraction of sp³-hybridized carbons (Fsp3) is 0.333. The number of aromatic nitrogens is 5. The summed E-state index contributed by atoms with van der Waals surface area (Å²) in [4.78, 5) is 23.5. The largest absolute Gasteiger partial charge is 0.370 e. The lowest BCUT2D eigenvalue weighted by molar-refractivity contribution is 0.591. The van der Waals surface area contributed by atoms with E-state index in [1.54, 1.807) is 13.1 Å². The zero-order valence-electron chi connectivity index (χ0n) is 14.7. The number of nitrogens with zero attached hydrogens (tertiary/aromatic N) is 4. The molecule has 0 aliphatic heterocycles. The summed E-state index contributed by atoms with van der Waals surface area (Å²) in [7, 11) is 0. The Morgan fingerprint density at radius 3 is 2.68 bits per heavy atom. The second kappa shape index (κ2) is 7.29. The van der Waals surface area contributed by atoms with Gasteiger partial charge in [0.05, 0.1) is 6.20 Å². The van der Waals surface area contributed by atoms with Crippen LogP contribution in [0.1, 0.15) is 23.2 Å². The van der Waals surface area contributed by atoms with E-state index in [-0.39, 0.29) is 5.56 Å². The summed E-state index contributed by atoms with van der Waals surface area (Å²) in [5.41, 5.74) is 3.22. The van der Waals surface area contributed by atoms with Gasteiger partial charge in [-0.2, -0.15) is 5.10 Å². The first kappa shape index (κ1) is 16.9. The molecular formula is C18H22N6O. The molecule has 130 valence electrons. The van der Waals surface area contributed by atoms with Gasteiger partial charge in [-0.1, -0.05) is 0 Å². The number of aromatic amines is 1.